The van der Waals surface area contributed by atoms with E-state index >= 15 is 0 Å². The number of hydrogen-bond donors (Lipinski definition) is 2. The Balaban J connectivity index is 1.87. The number of hydrogen-bond acceptors (Lipinski definition) is 3. The van der Waals surface area contributed by atoms with Crippen LogP contribution in [0, 0.1) is 0 Å². The van der Waals surface area contributed by atoms with E-state index in [9.17, 15) is 4.79 Å². The molecule has 5 heteroatoms. The molecule has 0 spiro atoms. The SMILES string of the molecule is CCCCCNc1cncc(C(=O)NCc2ccc(Cl)cc2)c1. The number of benzene rings is 1. The van der Waals surface area contributed by atoms with Gasteiger partial charge in [-0.15, -0.1) is 0 Å². The summed E-state index contributed by atoms with van der Waals surface area (Å²) in [5.41, 5.74) is 2.43. The zero-order chi connectivity index (χ0) is 16.5. The van der Waals surface area contributed by atoms with Crippen molar-refractivity contribution in [2.45, 2.75) is 32.7 Å². The van der Waals surface area contributed by atoms with Crippen LogP contribution >= 0.6 is 11.6 Å². The van der Waals surface area contributed by atoms with E-state index in [0.717, 1.165) is 24.2 Å². The number of rotatable bonds is 8. The standard InChI is InChI=1S/C18H22ClN3O/c1-2-3-4-9-21-17-10-15(12-20-13-17)18(23)22-11-14-5-7-16(19)8-6-14/h5-8,10,12-13,21H,2-4,9,11H2,1H3,(H,22,23). The topological polar surface area (TPSA) is 54.0 Å². The molecule has 1 heterocycles. The normalized spacial score (nSPS) is 10.3. The summed E-state index contributed by atoms with van der Waals surface area (Å²) in [5, 5.41) is 6.87. The number of nitrogens with one attached hydrogen (secondary N) is 2. The molecule has 0 saturated heterocycles. The third-order valence-corrected chi connectivity index (χ3v) is 3.73. The van der Waals surface area contributed by atoms with Crippen molar-refractivity contribution >= 4 is 23.2 Å². The molecule has 1 aromatic carbocycles. The second-order valence-corrected chi connectivity index (χ2v) is 5.84. The van der Waals surface area contributed by atoms with Crippen LogP contribution in [0.3, 0.4) is 0 Å². The zero-order valence-corrected chi connectivity index (χ0v) is 14.1. The number of aromatic nitrogens is 1. The average Bonchev–Trinajstić information content (AvgIpc) is 2.58. The number of pyridine rings is 1. The van der Waals surface area contributed by atoms with Gasteiger partial charge in [-0.2, -0.15) is 0 Å². The second kappa shape index (κ2) is 9.16. The van der Waals surface area contributed by atoms with Crippen LogP contribution in [0.2, 0.25) is 5.02 Å². The summed E-state index contributed by atoms with van der Waals surface area (Å²) >= 11 is 5.85. The summed E-state index contributed by atoms with van der Waals surface area (Å²) in [5.74, 6) is -0.135. The van der Waals surface area contributed by atoms with Crippen LogP contribution in [0.1, 0.15) is 42.1 Å². The molecule has 2 N–H and O–H groups in total. The summed E-state index contributed by atoms with van der Waals surface area (Å²) in [6.07, 6.45) is 6.81. The maximum atomic E-state index is 12.2. The molecule has 2 aromatic rings. The smallest absolute Gasteiger partial charge is 0.253 e. The van der Waals surface area contributed by atoms with E-state index in [-0.39, 0.29) is 5.91 Å². The highest BCUT2D eigenvalue weighted by molar-refractivity contribution is 6.30. The molecular weight excluding hydrogens is 310 g/mol. The quantitative estimate of drug-likeness (QED) is 0.710. The molecular formula is C18H22ClN3O. The molecule has 2 rings (SSSR count). The van der Waals surface area contributed by atoms with Gasteiger partial charge in [0.15, 0.2) is 0 Å². The molecule has 0 aliphatic heterocycles. The van der Waals surface area contributed by atoms with Crippen LogP contribution in [0.4, 0.5) is 5.69 Å². The van der Waals surface area contributed by atoms with Crippen molar-refractivity contribution in [2.75, 3.05) is 11.9 Å². The fraction of sp³-hybridized carbons (Fsp3) is 0.333. The molecule has 4 nitrogen and oxygen atoms in total. The zero-order valence-electron chi connectivity index (χ0n) is 13.3. The van der Waals surface area contributed by atoms with E-state index < -0.39 is 0 Å². The Morgan fingerprint density at radius 1 is 1.17 bits per heavy atom. The van der Waals surface area contributed by atoms with Crippen molar-refractivity contribution in [1.29, 1.82) is 0 Å². The predicted molar refractivity (Wildman–Crippen MR) is 94.9 cm³/mol. The first-order valence-electron chi connectivity index (χ1n) is 7.90. The first-order valence-corrected chi connectivity index (χ1v) is 8.28. The van der Waals surface area contributed by atoms with Crippen molar-refractivity contribution in [3.8, 4) is 0 Å². The summed E-state index contributed by atoms with van der Waals surface area (Å²) in [6.45, 7) is 3.53. The lowest BCUT2D eigenvalue weighted by atomic mass is 10.2. The molecule has 0 atom stereocenters. The number of anilines is 1. The van der Waals surface area contributed by atoms with Crippen LogP contribution in [-0.2, 0) is 6.54 Å². The Morgan fingerprint density at radius 3 is 2.70 bits per heavy atom. The van der Waals surface area contributed by atoms with Gasteiger partial charge in [-0.1, -0.05) is 43.5 Å². The van der Waals surface area contributed by atoms with Gasteiger partial charge >= 0.3 is 0 Å². The molecule has 0 unspecified atom stereocenters. The molecule has 1 aromatic heterocycles. The van der Waals surface area contributed by atoms with E-state index in [1.807, 2.05) is 30.3 Å². The Kier molecular flexibility index (Phi) is 6.88. The minimum Gasteiger partial charge on any atom is -0.384 e. The van der Waals surface area contributed by atoms with E-state index in [1.54, 1.807) is 12.4 Å². The Morgan fingerprint density at radius 2 is 1.96 bits per heavy atom. The first kappa shape index (κ1) is 17.3. The summed E-state index contributed by atoms with van der Waals surface area (Å²) in [6, 6.07) is 9.24. The van der Waals surface area contributed by atoms with E-state index in [4.69, 9.17) is 11.6 Å². The second-order valence-electron chi connectivity index (χ2n) is 5.41. The Bertz CT molecular complexity index is 628. The summed E-state index contributed by atoms with van der Waals surface area (Å²) in [4.78, 5) is 16.3. The molecule has 0 bridgehead atoms. The van der Waals surface area contributed by atoms with Crippen molar-refractivity contribution in [2.24, 2.45) is 0 Å². The monoisotopic (exact) mass is 331 g/mol. The van der Waals surface area contributed by atoms with Crippen molar-refractivity contribution in [1.82, 2.24) is 10.3 Å². The van der Waals surface area contributed by atoms with Crippen molar-refractivity contribution in [3.63, 3.8) is 0 Å². The van der Waals surface area contributed by atoms with Gasteiger partial charge in [0.2, 0.25) is 0 Å². The number of unbranched alkanes of at least 4 members (excludes halogenated alkanes) is 2. The fourth-order valence-corrected chi connectivity index (χ4v) is 2.28. The summed E-state index contributed by atoms with van der Waals surface area (Å²) in [7, 11) is 0. The van der Waals surface area contributed by atoms with Crippen LogP contribution < -0.4 is 10.6 Å². The molecule has 0 fully saturated rings. The van der Waals surface area contributed by atoms with E-state index in [1.165, 1.54) is 12.8 Å². The molecule has 0 aliphatic rings. The molecule has 1 amide bonds. The van der Waals surface area contributed by atoms with Gasteiger partial charge < -0.3 is 10.6 Å². The van der Waals surface area contributed by atoms with Gasteiger partial charge in [-0.25, -0.2) is 0 Å². The number of carbonyl (C=O) groups excluding carboxylic acids is 1. The van der Waals surface area contributed by atoms with E-state index in [0.29, 0.717) is 17.1 Å². The molecule has 0 aliphatic carbocycles. The highest BCUT2D eigenvalue weighted by atomic mass is 35.5. The van der Waals surface area contributed by atoms with Gasteiger partial charge in [0.05, 0.1) is 11.3 Å². The highest BCUT2D eigenvalue weighted by Gasteiger charge is 2.07. The summed E-state index contributed by atoms with van der Waals surface area (Å²) < 4.78 is 0. The molecule has 0 saturated carbocycles. The van der Waals surface area contributed by atoms with Gasteiger partial charge in [0.1, 0.15) is 0 Å². The lowest BCUT2D eigenvalue weighted by molar-refractivity contribution is 0.0950. The van der Waals surface area contributed by atoms with Crippen LogP contribution in [-0.4, -0.2) is 17.4 Å². The third-order valence-electron chi connectivity index (χ3n) is 3.48. The van der Waals surface area contributed by atoms with Crippen molar-refractivity contribution in [3.05, 3.63) is 58.9 Å². The molecule has 0 radical (unpaired) electrons. The van der Waals surface area contributed by atoms with Crippen LogP contribution in [0.25, 0.3) is 0 Å². The van der Waals surface area contributed by atoms with Gasteiger partial charge in [-0.3, -0.25) is 9.78 Å². The van der Waals surface area contributed by atoms with Crippen molar-refractivity contribution < 1.29 is 4.79 Å². The lowest BCUT2D eigenvalue weighted by Crippen LogP contribution is -2.23. The van der Waals surface area contributed by atoms with E-state index in [2.05, 4.69) is 22.5 Å². The maximum absolute atomic E-state index is 12.2. The Hall–Kier alpha value is -2.07. The first-order chi connectivity index (χ1) is 11.2. The predicted octanol–water partition coefficient (Wildman–Crippen LogP) is 4.27. The fourth-order valence-electron chi connectivity index (χ4n) is 2.16. The average molecular weight is 332 g/mol. The maximum Gasteiger partial charge on any atom is 0.253 e. The number of carbonyl (C=O) groups is 1. The van der Waals surface area contributed by atoms with Crippen LogP contribution in [0.5, 0.6) is 0 Å². The largest absolute Gasteiger partial charge is 0.384 e. The highest BCUT2D eigenvalue weighted by Crippen LogP contribution is 2.11. The van der Waals surface area contributed by atoms with Crippen LogP contribution in [0.15, 0.2) is 42.7 Å². The van der Waals surface area contributed by atoms with Gasteiger partial charge in [-0.05, 0) is 30.2 Å². The lowest BCUT2D eigenvalue weighted by Gasteiger charge is -2.08. The number of nitrogens with zero attached hydrogens (tertiary/aromatic N) is 1. The minimum atomic E-state index is -0.135. The minimum absolute atomic E-state index is 0.135. The third kappa shape index (κ3) is 5.91. The number of amides is 1. The van der Waals surface area contributed by atoms with Gasteiger partial charge in [0.25, 0.3) is 5.91 Å². The van der Waals surface area contributed by atoms with Gasteiger partial charge in [0, 0.05) is 30.5 Å². The molecule has 23 heavy (non-hydrogen) atoms. The Labute approximate surface area is 142 Å². The molecule has 122 valence electrons. The number of halogens is 1.